The number of carbonyl (C=O) groups is 4. The number of imidazole rings is 1. The molecule has 3 unspecified atom stereocenters. The van der Waals surface area contributed by atoms with Crippen molar-refractivity contribution in [2.45, 2.75) is 76.0 Å². The zero-order valence-corrected chi connectivity index (χ0v) is 42.1. The highest BCUT2D eigenvalue weighted by atomic mass is 19.4. The Kier molecular flexibility index (Phi) is 13.9. The second-order valence-electron chi connectivity index (χ2n) is 19.9. The van der Waals surface area contributed by atoms with E-state index in [4.69, 9.17) is 5.73 Å². The van der Waals surface area contributed by atoms with E-state index in [9.17, 15) is 46.3 Å². The third-order valence-corrected chi connectivity index (χ3v) is 15.3. The average molecular weight is 1040 g/mol. The summed E-state index contributed by atoms with van der Waals surface area (Å²) in [5.41, 5.74) is 10.9. The minimum Gasteiger partial charge on any atom is -0.366 e. The van der Waals surface area contributed by atoms with Crippen LogP contribution in [0.4, 0.5) is 23.2 Å². The Hall–Kier alpha value is -8.13. The summed E-state index contributed by atoms with van der Waals surface area (Å²) >= 11 is 0. The number of likely N-dealkylation sites (N-methyl/N-ethyl adjacent to an activating group) is 1. The summed E-state index contributed by atoms with van der Waals surface area (Å²) in [5.74, 6) is -4.64. The molecule has 3 atom stereocenters. The zero-order valence-electron chi connectivity index (χ0n) is 42.1. The van der Waals surface area contributed by atoms with Gasteiger partial charge in [0, 0.05) is 50.6 Å². The van der Waals surface area contributed by atoms with Gasteiger partial charge in [-0.1, -0.05) is 48.5 Å². The third kappa shape index (κ3) is 9.84. The normalized spacial score (nSPS) is 19.3. The fraction of sp³-hybridized carbons (Fsp3) is 0.339. The molecule has 76 heavy (non-hydrogen) atoms. The number of para-hydroxylation sites is 1. The zero-order chi connectivity index (χ0) is 53.7. The topological polar surface area (TPSA) is 192 Å². The maximum Gasteiger partial charge on any atom is 0.416 e. The first kappa shape index (κ1) is 51.4. The minimum atomic E-state index is -4.79. The van der Waals surface area contributed by atoms with Crippen LogP contribution in [0.2, 0.25) is 0 Å². The highest BCUT2D eigenvalue weighted by molar-refractivity contribution is 6.00. The lowest BCUT2D eigenvalue weighted by Crippen LogP contribution is -2.44. The molecule has 4 aromatic carbocycles. The van der Waals surface area contributed by atoms with Crippen molar-refractivity contribution in [3.63, 3.8) is 0 Å². The minimum absolute atomic E-state index is 0.00949. The Bertz CT molecular complexity index is 3560. The SMILES string of the molecule is CCN1C(c2ccc(-n3cnn(C)c3=O)cc2CCc2cccc(C3CCN(CCc4cccc5c4n(C)c(=O)n5C4CCC(=O)NC4=O)CC3)c2)=CC2=CC(C(F)(F)F)=CC(C(=O)Nc3ccc(F)c(C(N)=O)c3)C21. The van der Waals surface area contributed by atoms with E-state index in [2.05, 4.69) is 44.9 Å². The second kappa shape index (κ2) is 20.5. The number of aromatic nitrogens is 5. The number of hydrogen-bond donors (Lipinski definition) is 3. The summed E-state index contributed by atoms with van der Waals surface area (Å²) in [4.78, 5) is 81.6. The van der Waals surface area contributed by atoms with Gasteiger partial charge in [-0.25, -0.2) is 23.2 Å². The number of piperidine rings is 2. The fourth-order valence-corrected chi connectivity index (χ4v) is 11.5. The van der Waals surface area contributed by atoms with Crippen LogP contribution in [0.5, 0.6) is 0 Å². The Morgan fingerprint density at radius 3 is 2.36 bits per heavy atom. The van der Waals surface area contributed by atoms with Crippen LogP contribution in [0, 0.1) is 11.7 Å². The molecule has 394 valence electrons. The van der Waals surface area contributed by atoms with E-state index in [-0.39, 0.29) is 41.4 Å². The van der Waals surface area contributed by atoms with Crippen molar-refractivity contribution in [1.29, 1.82) is 0 Å². The molecule has 5 heterocycles. The van der Waals surface area contributed by atoms with Crippen LogP contribution in [-0.2, 0) is 47.7 Å². The first-order valence-corrected chi connectivity index (χ1v) is 25.4. The molecular weight excluding hydrogens is 985 g/mol. The van der Waals surface area contributed by atoms with Gasteiger partial charge in [0.05, 0.1) is 39.8 Å². The molecule has 0 bridgehead atoms. The summed E-state index contributed by atoms with van der Waals surface area (Å²) in [6.45, 7) is 4.68. The number of amides is 4. The largest absolute Gasteiger partial charge is 0.416 e. The molecular formula is C56H56F4N10O6. The van der Waals surface area contributed by atoms with Gasteiger partial charge in [-0.3, -0.25) is 33.6 Å². The predicted octanol–water partition coefficient (Wildman–Crippen LogP) is 6.38. The Labute approximate surface area is 433 Å². The standard InChI is InChI=1S/C56H56F4N10O6/c1-4-68-47(28-37-26-38(56(58,59)60)29-43(49(37)68)52(73)63-39-13-16-44(57)42(30-39)51(61)72)41-15-14-40(69-31-62-66(3)55(69)76)27-36(41)12-11-32-7-5-9-35(25-32)33-19-22-67(23-20-33)24-21-34-8-6-10-45-50(34)65(2)54(75)70(45)46-17-18-48(71)64-53(46)74/h5-10,13-16,25-31,33,43,46,49H,4,11-12,17-24H2,1-3H3,(H2,61,72)(H,63,73)(H,64,71,74). The number of nitrogens with two attached hydrogens (primary N) is 1. The number of imide groups is 1. The van der Waals surface area contributed by atoms with E-state index in [0.29, 0.717) is 54.2 Å². The van der Waals surface area contributed by atoms with Gasteiger partial charge in [-0.05, 0) is 141 Å². The van der Waals surface area contributed by atoms with Crippen LogP contribution >= 0.6 is 0 Å². The number of alkyl halides is 3. The molecule has 16 nitrogen and oxygen atoms in total. The molecule has 4 aliphatic rings. The van der Waals surface area contributed by atoms with E-state index >= 15 is 0 Å². The van der Waals surface area contributed by atoms with Gasteiger partial charge >= 0.3 is 17.6 Å². The summed E-state index contributed by atoms with van der Waals surface area (Å²) in [6, 6.07) is 21.4. The third-order valence-electron chi connectivity index (χ3n) is 15.3. The van der Waals surface area contributed by atoms with Gasteiger partial charge in [0.1, 0.15) is 18.2 Å². The van der Waals surface area contributed by atoms with Gasteiger partial charge < -0.3 is 20.9 Å². The molecule has 2 saturated heterocycles. The summed E-state index contributed by atoms with van der Waals surface area (Å²) < 4.78 is 63.8. The quantitative estimate of drug-likeness (QED) is 0.0822. The van der Waals surface area contributed by atoms with Gasteiger partial charge in [0.25, 0.3) is 5.91 Å². The molecule has 0 spiro atoms. The number of carbonyl (C=O) groups excluding carboxylic acids is 4. The van der Waals surface area contributed by atoms with E-state index < -0.39 is 58.9 Å². The number of hydrogen-bond acceptors (Lipinski definition) is 9. The maximum atomic E-state index is 14.6. The Balaban J connectivity index is 0.866. The van der Waals surface area contributed by atoms with Crippen LogP contribution in [-0.4, -0.2) is 95.3 Å². The molecule has 4 N–H and O–H groups in total. The molecule has 20 heteroatoms. The van der Waals surface area contributed by atoms with Crippen LogP contribution in [0.25, 0.3) is 22.4 Å². The number of fused-ring (bicyclic) bond motifs is 2. The van der Waals surface area contributed by atoms with Crippen molar-refractivity contribution in [3.05, 3.63) is 175 Å². The van der Waals surface area contributed by atoms with Crippen LogP contribution in [0.3, 0.4) is 0 Å². The molecule has 0 radical (unpaired) electrons. The molecule has 2 aromatic heterocycles. The smallest absolute Gasteiger partial charge is 0.366 e. The summed E-state index contributed by atoms with van der Waals surface area (Å²) in [5, 5.41) is 9.10. The van der Waals surface area contributed by atoms with Gasteiger partial charge in [-0.2, -0.15) is 18.3 Å². The van der Waals surface area contributed by atoms with E-state index in [1.165, 1.54) is 31.8 Å². The van der Waals surface area contributed by atoms with Crippen molar-refractivity contribution >= 4 is 46.0 Å². The first-order valence-electron chi connectivity index (χ1n) is 25.4. The van der Waals surface area contributed by atoms with Gasteiger partial charge in [0.2, 0.25) is 17.7 Å². The molecule has 10 rings (SSSR count). The molecule has 2 fully saturated rings. The second-order valence-corrected chi connectivity index (χ2v) is 19.9. The predicted molar refractivity (Wildman–Crippen MR) is 277 cm³/mol. The number of halogens is 4. The number of aryl methyl sites for hydroxylation is 4. The molecule has 3 aliphatic heterocycles. The molecule has 6 aromatic rings. The van der Waals surface area contributed by atoms with Crippen molar-refractivity contribution in [3.8, 4) is 5.69 Å². The first-order chi connectivity index (χ1) is 36.4. The monoisotopic (exact) mass is 1040 g/mol. The molecule has 0 saturated carbocycles. The number of benzene rings is 4. The van der Waals surface area contributed by atoms with Gasteiger partial charge in [-0.15, -0.1) is 0 Å². The lowest BCUT2D eigenvalue weighted by Gasteiger charge is -2.36. The molecule has 4 amide bonds. The number of primary amides is 1. The highest BCUT2D eigenvalue weighted by Gasteiger charge is 2.45. The number of nitrogens with zero attached hydrogens (tertiary/aromatic N) is 7. The molecule has 1 aliphatic carbocycles. The van der Waals surface area contributed by atoms with E-state index in [1.54, 1.807) is 30.8 Å². The number of allylic oxidation sites excluding steroid dienone is 2. The lowest BCUT2D eigenvalue weighted by atomic mass is 9.85. The Morgan fingerprint density at radius 2 is 1.64 bits per heavy atom. The van der Waals surface area contributed by atoms with E-state index in [0.717, 1.165) is 79.0 Å². The lowest BCUT2D eigenvalue weighted by molar-refractivity contribution is -0.135. The Morgan fingerprint density at radius 1 is 0.868 bits per heavy atom. The number of likely N-dealkylation sites (tertiary alicyclic amines) is 1. The number of nitrogens with one attached hydrogen (secondary N) is 2. The average Bonchev–Trinajstić information content (AvgIpc) is 4.04. The summed E-state index contributed by atoms with van der Waals surface area (Å²) in [7, 11) is 3.26. The fourth-order valence-electron chi connectivity index (χ4n) is 11.5. The highest BCUT2D eigenvalue weighted by Crippen LogP contribution is 2.45. The van der Waals surface area contributed by atoms with Crippen molar-refractivity contribution in [2.24, 2.45) is 25.7 Å². The maximum absolute atomic E-state index is 14.6. The van der Waals surface area contributed by atoms with Crippen molar-refractivity contribution in [2.75, 3.05) is 31.5 Å². The van der Waals surface area contributed by atoms with Gasteiger partial charge in [0.15, 0.2) is 0 Å². The van der Waals surface area contributed by atoms with Crippen LogP contribution < -0.4 is 27.7 Å². The van der Waals surface area contributed by atoms with Crippen molar-refractivity contribution in [1.82, 2.24) is 38.6 Å². The van der Waals surface area contributed by atoms with E-state index in [1.807, 2.05) is 42.2 Å². The van der Waals surface area contributed by atoms with Crippen molar-refractivity contribution < 1.29 is 36.7 Å². The van der Waals surface area contributed by atoms with Crippen LogP contribution in [0.1, 0.15) is 82.7 Å². The number of anilines is 1. The van der Waals surface area contributed by atoms with Crippen LogP contribution in [0.15, 0.2) is 124 Å². The summed E-state index contributed by atoms with van der Waals surface area (Å²) in [6.07, 6.45) is 4.36. The number of rotatable bonds is 14.